The van der Waals surface area contributed by atoms with E-state index in [9.17, 15) is 4.39 Å². The van der Waals surface area contributed by atoms with Crippen LogP contribution < -0.4 is 10.1 Å². The van der Waals surface area contributed by atoms with Crippen molar-refractivity contribution in [2.45, 2.75) is 25.3 Å². The Morgan fingerprint density at radius 3 is 3.00 bits per heavy atom. The maximum atomic E-state index is 13.7. The zero-order valence-corrected chi connectivity index (χ0v) is 9.98. The van der Waals surface area contributed by atoms with Crippen LogP contribution in [0.4, 0.5) is 4.39 Å². The van der Waals surface area contributed by atoms with Gasteiger partial charge in [-0.3, -0.25) is 0 Å². The van der Waals surface area contributed by atoms with Crippen molar-refractivity contribution in [3.05, 3.63) is 28.5 Å². The summed E-state index contributed by atoms with van der Waals surface area (Å²) in [6.45, 7) is 1.01. The lowest BCUT2D eigenvalue weighted by molar-refractivity contribution is 0.401. The van der Waals surface area contributed by atoms with E-state index in [1.165, 1.54) is 19.2 Å². The first kappa shape index (κ1) is 11.7. The van der Waals surface area contributed by atoms with Gasteiger partial charge in [0, 0.05) is 11.6 Å². The SMILES string of the molecule is COc1c(Cl)ccc(F)c1CC1CCCN1. The lowest BCUT2D eigenvalue weighted by atomic mass is 10.0. The molecule has 0 radical (unpaired) electrons. The number of ether oxygens (including phenoxy) is 1. The summed E-state index contributed by atoms with van der Waals surface area (Å²) >= 11 is 5.97. The number of hydrogen-bond donors (Lipinski definition) is 1. The van der Waals surface area contributed by atoms with Crippen molar-refractivity contribution in [2.75, 3.05) is 13.7 Å². The number of halogens is 2. The van der Waals surface area contributed by atoms with E-state index in [-0.39, 0.29) is 5.82 Å². The minimum atomic E-state index is -0.241. The van der Waals surface area contributed by atoms with Crippen LogP contribution >= 0.6 is 11.6 Å². The van der Waals surface area contributed by atoms with Crippen LogP contribution in [0, 0.1) is 5.82 Å². The molecule has 16 heavy (non-hydrogen) atoms. The fourth-order valence-corrected chi connectivity index (χ4v) is 2.42. The van der Waals surface area contributed by atoms with Crippen LogP contribution in [-0.2, 0) is 6.42 Å². The molecule has 0 aliphatic carbocycles. The largest absolute Gasteiger partial charge is 0.495 e. The molecule has 2 nitrogen and oxygen atoms in total. The fourth-order valence-electron chi connectivity index (χ4n) is 2.16. The van der Waals surface area contributed by atoms with Crippen LogP contribution in [0.25, 0.3) is 0 Å². The second-order valence-electron chi connectivity index (χ2n) is 4.04. The lowest BCUT2D eigenvalue weighted by Gasteiger charge is -2.15. The Morgan fingerprint density at radius 2 is 2.38 bits per heavy atom. The summed E-state index contributed by atoms with van der Waals surface area (Å²) in [5.41, 5.74) is 0.578. The third-order valence-corrected chi connectivity index (χ3v) is 3.27. The van der Waals surface area contributed by atoms with E-state index < -0.39 is 0 Å². The second kappa shape index (κ2) is 5.02. The maximum Gasteiger partial charge on any atom is 0.143 e. The van der Waals surface area contributed by atoms with Gasteiger partial charge in [-0.15, -0.1) is 0 Å². The van der Waals surface area contributed by atoms with Crippen LogP contribution in [0.2, 0.25) is 5.02 Å². The molecule has 1 aliphatic rings. The summed E-state index contributed by atoms with van der Waals surface area (Å²) < 4.78 is 18.9. The van der Waals surface area contributed by atoms with Crippen molar-refractivity contribution >= 4 is 11.6 Å². The topological polar surface area (TPSA) is 21.3 Å². The van der Waals surface area contributed by atoms with E-state index in [4.69, 9.17) is 16.3 Å². The van der Waals surface area contributed by atoms with Gasteiger partial charge in [0.05, 0.1) is 12.1 Å². The Hall–Kier alpha value is -0.800. The monoisotopic (exact) mass is 243 g/mol. The molecule has 0 spiro atoms. The Morgan fingerprint density at radius 1 is 1.56 bits per heavy atom. The van der Waals surface area contributed by atoms with Gasteiger partial charge in [0.2, 0.25) is 0 Å². The van der Waals surface area contributed by atoms with Gasteiger partial charge < -0.3 is 10.1 Å². The Bertz CT molecular complexity index is 378. The highest BCUT2D eigenvalue weighted by atomic mass is 35.5. The average Bonchev–Trinajstić information content (AvgIpc) is 2.77. The van der Waals surface area contributed by atoms with E-state index in [1.807, 2.05) is 0 Å². The highest BCUT2D eigenvalue weighted by molar-refractivity contribution is 6.32. The van der Waals surface area contributed by atoms with Gasteiger partial charge in [-0.1, -0.05) is 11.6 Å². The first-order chi connectivity index (χ1) is 7.72. The average molecular weight is 244 g/mol. The zero-order valence-electron chi connectivity index (χ0n) is 9.22. The molecule has 1 saturated heterocycles. The maximum absolute atomic E-state index is 13.7. The minimum absolute atomic E-state index is 0.241. The smallest absolute Gasteiger partial charge is 0.143 e. The summed E-state index contributed by atoms with van der Waals surface area (Å²) in [6, 6.07) is 3.26. The lowest BCUT2D eigenvalue weighted by Crippen LogP contribution is -2.24. The van der Waals surface area contributed by atoms with Crippen molar-refractivity contribution in [3.63, 3.8) is 0 Å². The predicted octanol–water partition coefficient (Wildman–Crippen LogP) is 2.78. The van der Waals surface area contributed by atoms with Gasteiger partial charge in [-0.25, -0.2) is 4.39 Å². The molecule has 88 valence electrons. The van der Waals surface area contributed by atoms with E-state index in [1.54, 1.807) is 0 Å². The van der Waals surface area contributed by atoms with Gasteiger partial charge in [0.1, 0.15) is 11.6 Å². The summed E-state index contributed by atoms with van der Waals surface area (Å²) in [4.78, 5) is 0. The number of hydrogen-bond acceptors (Lipinski definition) is 2. The summed E-state index contributed by atoms with van der Waals surface area (Å²) in [5.74, 6) is 0.227. The second-order valence-corrected chi connectivity index (χ2v) is 4.45. The fraction of sp³-hybridized carbons (Fsp3) is 0.500. The molecule has 0 bridgehead atoms. The molecule has 1 aromatic carbocycles. The molecule has 1 aliphatic heterocycles. The van der Waals surface area contributed by atoms with Gasteiger partial charge in [-0.2, -0.15) is 0 Å². The van der Waals surface area contributed by atoms with Crippen LogP contribution in [0.3, 0.4) is 0 Å². The highest BCUT2D eigenvalue weighted by Gasteiger charge is 2.20. The van der Waals surface area contributed by atoms with Gasteiger partial charge in [-0.05, 0) is 37.9 Å². The van der Waals surface area contributed by atoms with E-state index >= 15 is 0 Å². The molecule has 1 fully saturated rings. The van der Waals surface area contributed by atoms with Crippen molar-refractivity contribution in [3.8, 4) is 5.75 Å². The van der Waals surface area contributed by atoms with Crippen LogP contribution in [-0.4, -0.2) is 19.7 Å². The predicted molar refractivity (Wildman–Crippen MR) is 62.7 cm³/mol. The van der Waals surface area contributed by atoms with Crippen molar-refractivity contribution in [2.24, 2.45) is 0 Å². The van der Waals surface area contributed by atoms with Crippen LogP contribution in [0.5, 0.6) is 5.75 Å². The molecule has 1 heterocycles. The third-order valence-electron chi connectivity index (χ3n) is 2.97. The first-order valence-electron chi connectivity index (χ1n) is 5.46. The molecule has 0 saturated carbocycles. The van der Waals surface area contributed by atoms with Crippen molar-refractivity contribution in [1.82, 2.24) is 5.32 Å². The normalized spacial score (nSPS) is 20.1. The molecule has 1 atom stereocenters. The van der Waals surface area contributed by atoms with Gasteiger partial charge in [0.15, 0.2) is 0 Å². The Labute approximate surface area is 99.7 Å². The molecule has 1 unspecified atom stereocenters. The molecule has 0 amide bonds. The van der Waals surface area contributed by atoms with Crippen molar-refractivity contribution < 1.29 is 9.13 Å². The first-order valence-corrected chi connectivity index (χ1v) is 5.84. The Balaban J connectivity index is 2.26. The zero-order chi connectivity index (χ0) is 11.5. The van der Waals surface area contributed by atoms with E-state index in [0.717, 1.165) is 19.4 Å². The van der Waals surface area contributed by atoms with Crippen molar-refractivity contribution in [1.29, 1.82) is 0 Å². The summed E-state index contributed by atoms with van der Waals surface area (Å²) in [7, 11) is 1.52. The standard InChI is InChI=1S/C12H15ClFNO/c1-16-12-9(7-8-3-2-6-15-8)11(14)5-4-10(12)13/h4-5,8,15H,2-3,6-7H2,1H3. The molecule has 2 rings (SSSR count). The molecule has 1 aromatic rings. The van der Waals surface area contributed by atoms with Crippen LogP contribution in [0.15, 0.2) is 12.1 Å². The quantitative estimate of drug-likeness (QED) is 0.882. The minimum Gasteiger partial charge on any atom is -0.495 e. The molecule has 1 N–H and O–H groups in total. The summed E-state index contributed by atoms with van der Waals surface area (Å²) in [6.07, 6.45) is 2.86. The van der Waals surface area contributed by atoms with Crippen LogP contribution in [0.1, 0.15) is 18.4 Å². The van der Waals surface area contributed by atoms with Gasteiger partial charge >= 0.3 is 0 Å². The van der Waals surface area contributed by atoms with Gasteiger partial charge in [0.25, 0.3) is 0 Å². The van der Waals surface area contributed by atoms with E-state index in [0.29, 0.717) is 28.8 Å². The number of nitrogens with one attached hydrogen (secondary N) is 1. The molecule has 4 heteroatoms. The molecule has 0 aromatic heterocycles. The Kier molecular flexibility index (Phi) is 3.66. The molecular weight excluding hydrogens is 229 g/mol. The summed E-state index contributed by atoms with van der Waals surface area (Å²) in [5, 5.41) is 3.81. The molecular formula is C12H15ClFNO. The number of benzene rings is 1. The van der Waals surface area contributed by atoms with E-state index in [2.05, 4.69) is 5.32 Å². The number of methoxy groups -OCH3 is 1. The highest BCUT2D eigenvalue weighted by Crippen LogP contribution is 2.32. The number of rotatable bonds is 3. The third kappa shape index (κ3) is 2.30.